The zero-order valence-electron chi connectivity index (χ0n) is 14.4. The fourth-order valence-electron chi connectivity index (χ4n) is 2.79. The molecule has 0 bridgehead atoms. The molecule has 0 saturated carbocycles. The minimum absolute atomic E-state index is 0.118. The third kappa shape index (κ3) is 3.58. The molecule has 4 aromatic rings. The van der Waals surface area contributed by atoms with Crippen molar-refractivity contribution in [2.24, 2.45) is 0 Å². The summed E-state index contributed by atoms with van der Waals surface area (Å²) in [6.07, 6.45) is 2.25. The summed E-state index contributed by atoms with van der Waals surface area (Å²) in [4.78, 5) is 29.6. The van der Waals surface area contributed by atoms with E-state index in [1.165, 1.54) is 22.2 Å². The zero-order chi connectivity index (χ0) is 19.0. The van der Waals surface area contributed by atoms with Crippen LogP contribution in [-0.2, 0) is 19.4 Å². The second-order valence-corrected chi connectivity index (χ2v) is 7.39. The molecule has 0 atom stereocenters. The Balaban J connectivity index is 1.54. The average Bonchev–Trinajstić information content (AvgIpc) is 3.20. The molecule has 0 radical (unpaired) electrons. The van der Waals surface area contributed by atoms with E-state index in [0.29, 0.717) is 28.5 Å². The van der Waals surface area contributed by atoms with Gasteiger partial charge in [0.2, 0.25) is 5.89 Å². The molecule has 3 heterocycles. The minimum Gasteiger partial charge on any atom is -0.392 e. The lowest BCUT2D eigenvalue weighted by Gasteiger charge is -2.01. The lowest BCUT2D eigenvalue weighted by molar-refractivity contribution is 0.451. The van der Waals surface area contributed by atoms with E-state index in [0.717, 1.165) is 11.3 Å². The van der Waals surface area contributed by atoms with Crippen molar-refractivity contribution in [3.05, 3.63) is 84.5 Å². The maximum absolute atomic E-state index is 12.6. The van der Waals surface area contributed by atoms with Crippen molar-refractivity contribution in [2.75, 3.05) is 0 Å². The molecule has 4 rings (SSSR count). The quantitative estimate of drug-likeness (QED) is 0.512. The molecule has 138 valence electrons. The summed E-state index contributed by atoms with van der Waals surface area (Å²) in [7, 11) is 0. The van der Waals surface area contributed by atoms with E-state index >= 15 is 0 Å². The molecule has 0 N–H and O–H groups in total. The van der Waals surface area contributed by atoms with Crippen LogP contribution in [0.2, 0.25) is 5.02 Å². The monoisotopic (exact) mass is 402 g/mol. The lowest BCUT2D eigenvalue weighted by Crippen LogP contribution is -2.19. The van der Waals surface area contributed by atoms with Crippen molar-refractivity contribution < 1.29 is 4.42 Å². The molecule has 0 spiro atoms. The molecule has 0 aliphatic rings. The fourth-order valence-corrected chi connectivity index (χ4v) is 3.75. The van der Waals surface area contributed by atoms with Crippen molar-refractivity contribution in [3.63, 3.8) is 0 Å². The Morgan fingerprint density at radius 3 is 2.78 bits per heavy atom. The van der Waals surface area contributed by atoms with Gasteiger partial charge in [-0.15, -0.1) is 16.4 Å². The van der Waals surface area contributed by atoms with Gasteiger partial charge < -0.3 is 4.42 Å². The van der Waals surface area contributed by atoms with Gasteiger partial charge in [0.15, 0.2) is 4.96 Å². The van der Waals surface area contributed by atoms with E-state index < -0.39 is 5.76 Å². The van der Waals surface area contributed by atoms with Gasteiger partial charge in [-0.05, 0) is 31.0 Å². The van der Waals surface area contributed by atoms with Crippen molar-refractivity contribution in [3.8, 4) is 0 Å². The summed E-state index contributed by atoms with van der Waals surface area (Å²) in [6, 6.07) is 7.41. The number of thiazole rings is 1. The predicted octanol–water partition coefficient (Wildman–Crippen LogP) is 2.70. The minimum atomic E-state index is -0.542. The third-order valence-corrected chi connectivity index (χ3v) is 5.41. The molecule has 1 aromatic carbocycles. The van der Waals surface area contributed by atoms with Gasteiger partial charge in [0.05, 0.1) is 13.0 Å². The topological polar surface area (TPSA) is 82.4 Å². The molecule has 0 aliphatic carbocycles. The number of halogens is 1. The van der Waals surface area contributed by atoms with Crippen LogP contribution >= 0.6 is 22.9 Å². The van der Waals surface area contributed by atoms with Crippen LogP contribution < -0.4 is 11.3 Å². The molecule has 0 unspecified atom stereocenters. The van der Waals surface area contributed by atoms with Crippen LogP contribution in [0.4, 0.5) is 0 Å². The summed E-state index contributed by atoms with van der Waals surface area (Å²) >= 11 is 7.28. The zero-order valence-corrected chi connectivity index (χ0v) is 16.0. The van der Waals surface area contributed by atoms with Gasteiger partial charge in [-0.25, -0.2) is 9.78 Å². The number of rotatable bonds is 5. The van der Waals surface area contributed by atoms with Gasteiger partial charge in [0.25, 0.3) is 5.56 Å². The van der Waals surface area contributed by atoms with Gasteiger partial charge in [-0.3, -0.25) is 9.20 Å². The first kappa shape index (κ1) is 17.7. The Kier molecular flexibility index (Phi) is 4.67. The van der Waals surface area contributed by atoms with E-state index in [1.807, 2.05) is 24.4 Å². The molecule has 0 fully saturated rings. The van der Waals surface area contributed by atoms with Crippen molar-refractivity contribution in [1.29, 1.82) is 0 Å². The van der Waals surface area contributed by atoms with Crippen LogP contribution in [0.5, 0.6) is 0 Å². The Hall–Kier alpha value is -2.71. The van der Waals surface area contributed by atoms with Crippen LogP contribution in [0, 0.1) is 6.92 Å². The number of nitrogens with zero attached hydrogens (tertiary/aromatic N) is 4. The van der Waals surface area contributed by atoms with Crippen molar-refractivity contribution in [1.82, 2.24) is 19.2 Å². The highest BCUT2D eigenvalue weighted by atomic mass is 35.5. The molecular weight excluding hydrogens is 388 g/mol. The number of aryl methyl sites for hydroxylation is 3. The van der Waals surface area contributed by atoms with Crippen LogP contribution in [0.25, 0.3) is 4.96 Å². The Labute approximate surface area is 162 Å². The molecule has 27 heavy (non-hydrogen) atoms. The lowest BCUT2D eigenvalue weighted by atomic mass is 10.1. The number of hydrogen-bond donors (Lipinski definition) is 0. The second-order valence-electron chi connectivity index (χ2n) is 6.12. The van der Waals surface area contributed by atoms with Crippen LogP contribution in [0.1, 0.15) is 22.7 Å². The predicted molar refractivity (Wildman–Crippen MR) is 103 cm³/mol. The fraction of sp³-hybridized carbons (Fsp3) is 0.222. The van der Waals surface area contributed by atoms with Crippen LogP contribution in [-0.4, -0.2) is 19.2 Å². The molecule has 3 aromatic heterocycles. The molecule has 9 heteroatoms. The maximum Gasteiger partial charge on any atom is 0.437 e. The Morgan fingerprint density at radius 1 is 1.22 bits per heavy atom. The molecule has 7 nitrogen and oxygen atoms in total. The summed E-state index contributed by atoms with van der Waals surface area (Å²) in [6.45, 7) is 2.23. The molecule has 0 saturated heterocycles. The van der Waals surface area contributed by atoms with E-state index in [4.69, 9.17) is 16.0 Å². The number of aromatic nitrogens is 4. The highest BCUT2D eigenvalue weighted by Gasteiger charge is 2.14. The first-order chi connectivity index (χ1) is 13.0. The summed E-state index contributed by atoms with van der Waals surface area (Å²) in [5.74, 6) is -0.345. The van der Waals surface area contributed by atoms with E-state index in [1.54, 1.807) is 16.5 Å². The standard InChI is InChI=1S/C18H15ClN4O3S/c1-11-10-27-17-20-9-13(16(24)23(11)17)8-15-21-22(18(25)26-15)7-6-12-2-4-14(19)5-3-12/h2-5,9-10H,6-8H2,1H3. The van der Waals surface area contributed by atoms with Gasteiger partial charge in [-0.2, -0.15) is 4.68 Å². The Morgan fingerprint density at radius 2 is 2.00 bits per heavy atom. The maximum atomic E-state index is 12.6. The second kappa shape index (κ2) is 7.13. The Bertz CT molecular complexity index is 1220. The van der Waals surface area contributed by atoms with E-state index in [9.17, 15) is 9.59 Å². The first-order valence-electron chi connectivity index (χ1n) is 8.27. The number of fused-ring (bicyclic) bond motifs is 1. The molecule has 0 amide bonds. The highest BCUT2D eigenvalue weighted by molar-refractivity contribution is 7.15. The van der Waals surface area contributed by atoms with E-state index in [2.05, 4.69) is 10.1 Å². The van der Waals surface area contributed by atoms with Crippen molar-refractivity contribution >= 4 is 27.9 Å². The van der Waals surface area contributed by atoms with Gasteiger partial charge in [-0.1, -0.05) is 23.7 Å². The van der Waals surface area contributed by atoms with Gasteiger partial charge in [0.1, 0.15) is 0 Å². The summed E-state index contributed by atoms with van der Waals surface area (Å²) < 4.78 is 8.03. The molecular formula is C18H15ClN4O3S. The summed E-state index contributed by atoms with van der Waals surface area (Å²) in [5, 5.41) is 6.75. The molecule has 0 aliphatic heterocycles. The van der Waals surface area contributed by atoms with Crippen LogP contribution in [0.15, 0.2) is 49.8 Å². The van der Waals surface area contributed by atoms with Gasteiger partial charge >= 0.3 is 5.76 Å². The van der Waals surface area contributed by atoms with Crippen molar-refractivity contribution in [2.45, 2.75) is 26.3 Å². The number of benzene rings is 1. The highest BCUT2D eigenvalue weighted by Crippen LogP contribution is 2.12. The normalized spacial score (nSPS) is 11.3. The van der Waals surface area contributed by atoms with E-state index in [-0.39, 0.29) is 17.9 Å². The summed E-state index contributed by atoms with van der Waals surface area (Å²) in [5.41, 5.74) is 2.12. The first-order valence-corrected chi connectivity index (χ1v) is 9.53. The van der Waals surface area contributed by atoms with Crippen LogP contribution in [0.3, 0.4) is 0 Å². The largest absolute Gasteiger partial charge is 0.437 e. The SMILES string of the molecule is Cc1csc2ncc(Cc3nn(CCc4ccc(Cl)cc4)c(=O)o3)c(=O)n12. The van der Waals surface area contributed by atoms with Gasteiger partial charge in [0, 0.05) is 27.9 Å². The third-order valence-electron chi connectivity index (χ3n) is 4.20. The average molecular weight is 403 g/mol. The number of hydrogen-bond acceptors (Lipinski definition) is 6. The smallest absolute Gasteiger partial charge is 0.392 e.